The maximum absolute atomic E-state index is 12.0. The molecule has 0 radical (unpaired) electrons. The highest BCUT2D eigenvalue weighted by molar-refractivity contribution is 5.77. The van der Waals surface area contributed by atoms with Crippen LogP contribution in [0, 0.1) is 17.8 Å². The second kappa shape index (κ2) is 6.43. The van der Waals surface area contributed by atoms with Crippen molar-refractivity contribution in [1.29, 1.82) is 0 Å². The summed E-state index contributed by atoms with van der Waals surface area (Å²) in [6, 6.07) is -0.550. The van der Waals surface area contributed by atoms with E-state index in [4.69, 9.17) is 4.74 Å². The molecule has 2 rings (SSSR count). The zero-order valence-corrected chi connectivity index (χ0v) is 12.1. The van der Waals surface area contributed by atoms with Crippen molar-refractivity contribution in [3.05, 3.63) is 0 Å². The van der Waals surface area contributed by atoms with Crippen molar-refractivity contribution < 1.29 is 19.4 Å². The summed E-state index contributed by atoms with van der Waals surface area (Å²) in [7, 11) is 1.60. The second-order valence-electron chi connectivity index (χ2n) is 5.90. The van der Waals surface area contributed by atoms with Gasteiger partial charge in [0.15, 0.2) is 0 Å². The molecule has 2 aliphatic rings. The lowest BCUT2D eigenvalue weighted by Gasteiger charge is -2.29. The molecule has 2 fully saturated rings. The Bertz CT molecular complexity index is 374. The third-order valence-corrected chi connectivity index (χ3v) is 4.70. The van der Waals surface area contributed by atoms with Crippen LogP contribution >= 0.6 is 0 Å². The van der Waals surface area contributed by atoms with Crippen LogP contribution in [0.15, 0.2) is 0 Å². The number of urea groups is 1. The Morgan fingerprint density at radius 1 is 1.35 bits per heavy atom. The molecule has 0 saturated heterocycles. The maximum Gasteiger partial charge on any atom is 0.315 e. The average molecular weight is 284 g/mol. The molecule has 0 heterocycles. The van der Waals surface area contributed by atoms with Crippen molar-refractivity contribution in [3.8, 4) is 0 Å². The zero-order chi connectivity index (χ0) is 14.7. The van der Waals surface area contributed by atoms with Gasteiger partial charge in [0.2, 0.25) is 0 Å². The lowest BCUT2D eigenvalue weighted by Crippen LogP contribution is -2.52. The van der Waals surface area contributed by atoms with E-state index in [0.717, 1.165) is 25.7 Å². The molecule has 3 N–H and O–H groups in total. The number of methoxy groups -OCH3 is 1. The standard InChI is InChI=1S/C14H24N2O4/c1-3-10(7-20-2)15-14(19)16-12-9-5-4-8(6-9)11(12)13(17)18/h8-12H,3-7H2,1-2H3,(H,17,18)(H2,15,16,19). The molecule has 5 unspecified atom stereocenters. The molecule has 0 aromatic heterocycles. The van der Waals surface area contributed by atoms with Crippen LogP contribution in [-0.2, 0) is 9.53 Å². The van der Waals surface area contributed by atoms with Gasteiger partial charge in [-0.25, -0.2) is 4.79 Å². The Labute approximate surface area is 119 Å². The van der Waals surface area contributed by atoms with Gasteiger partial charge >= 0.3 is 12.0 Å². The number of rotatable bonds is 6. The molecule has 0 aliphatic heterocycles. The number of hydrogen-bond acceptors (Lipinski definition) is 3. The van der Waals surface area contributed by atoms with Gasteiger partial charge in [-0.2, -0.15) is 0 Å². The number of carboxylic acids is 1. The van der Waals surface area contributed by atoms with Crippen LogP contribution in [-0.4, -0.2) is 42.9 Å². The fourth-order valence-corrected chi connectivity index (χ4v) is 3.70. The minimum atomic E-state index is -0.786. The van der Waals surface area contributed by atoms with E-state index in [1.165, 1.54) is 0 Å². The Kier molecular flexibility index (Phi) is 4.86. The van der Waals surface area contributed by atoms with Crippen LogP contribution in [0.5, 0.6) is 0 Å². The molecule has 2 amide bonds. The van der Waals surface area contributed by atoms with Gasteiger partial charge in [-0.05, 0) is 37.5 Å². The highest BCUT2D eigenvalue weighted by Crippen LogP contribution is 2.48. The molecule has 2 bridgehead atoms. The Hall–Kier alpha value is -1.30. The number of aliphatic carboxylic acids is 1. The van der Waals surface area contributed by atoms with Crippen LogP contribution in [0.25, 0.3) is 0 Å². The van der Waals surface area contributed by atoms with Crippen molar-refractivity contribution in [2.45, 2.75) is 44.7 Å². The zero-order valence-electron chi connectivity index (χ0n) is 12.1. The highest BCUT2D eigenvalue weighted by Gasteiger charge is 2.51. The molecular formula is C14H24N2O4. The van der Waals surface area contributed by atoms with E-state index in [1.807, 2.05) is 6.92 Å². The van der Waals surface area contributed by atoms with Crippen LogP contribution in [0.1, 0.15) is 32.6 Å². The van der Waals surface area contributed by atoms with Gasteiger partial charge in [-0.3, -0.25) is 4.79 Å². The third kappa shape index (κ3) is 3.06. The van der Waals surface area contributed by atoms with Crippen molar-refractivity contribution in [1.82, 2.24) is 10.6 Å². The number of carboxylic acid groups (broad SMARTS) is 1. The summed E-state index contributed by atoms with van der Waals surface area (Å²) < 4.78 is 5.04. The summed E-state index contributed by atoms with van der Waals surface area (Å²) in [6.45, 7) is 2.44. The molecule has 6 heteroatoms. The number of nitrogens with one attached hydrogen (secondary N) is 2. The lowest BCUT2D eigenvalue weighted by atomic mass is 9.84. The van der Waals surface area contributed by atoms with E-state index in [2.05, 4.69) is 10.6 Å². The predicted octanol–water partition coefficient (Wildman–Crippen LogP) is 1.21. The summed E-state index contributed by atoms with van der Waals surface area (Å²) in [6.07, 6.45) is 3.70. The molecule has 6 nitrogen and oxygen atoms in total. The number of carbonyl (C=O) groups excluding carboxylic acids is 1. The van der Waals surface area contributed by atoms with Crippen LogP contribution < -0.4 is 10.6 Å². The summed E-state index contributed by atoms with van der Waals surface area (Å²) in [5, 5.41) is 15.1. The number of amides is 2. The maximum atomic E-state index is 12.0. The molecule has 0 aromatic carbocycles. The Balaban J connectivity index is 1.91. The fourth-order valence-electron chi connectivity index (χ4n) is 3.70. The quantitative estimate of drug-likeness (QED) is 0.684. The first kappa shape index (κ1) is 15.1. The SMILES string of the molecule is CCC(COC)NC(=O)NC1C2CCC(C2)C1C(=O)O. The van der Waals surface area contributed by atoms with Crippen LogP contribution in [0.2, 0.25) is 0 Å². The molecule has 0 aromatic rings. The molecule has 2 aliphatic carbocycles. The third-order valence-electron chi connectivity index (χ3n) is 4.70. The van der Waals surface area contributed by atoms with Crippen molar-refractivity contribution in [2.75, 3.05) is 13.7 Å². The monoisotopic (exact) mass is 284 g/mol. The van der Waals surface area contributed by atoms with Gasteiger partial charge in [-0.15, -0.1) is 0 Å². The molecule has 114 valence electrons. The first-order chi connectivity index (χ1) is 9.56. The predicted molar refractivity (Wildman–Crippen MR) is 73.4 cm³/mol. The van der Waals surface area contributed by atoms with Gasteiger partial charge in [-0.1, -0.05) is 6.92 Å². The van der Waals surface area contributed by atoms with E-state index in [1.54, 1.807) is 7.11 Å². The number of ether oxygens (including phenoxy) is 1. The van der Waals surface area contributed by atoms with E-state index >= 15 is 0 Å². The summed E-state index contributed by atoms with van der Waals surface area (Å²) in [5.41, 5.74) is 0. The van der Waals surface area contributed by atoms with Gasteiger partial charge in [0.1, 0.15) is 0 Å². The van der Waals surface area contributed by atoms with Crippen molar-refractivity contribution in [2.24, 2.45) is 17.8 Å². The smallest absolute Gasteiger partial charge is 0.315 e. The topological polar surface area (TPSA) is 87.7 Å². The molecule has 20 heavy (non-hydrogen) atoms. The summed E-state index contributed by atoms with van der Waals surface area (Å²) in [5.74, 6) is -0.675. The summed E-state index contributed by atoms with van der Waals surface area (Å²) >= 11 is 0. The summed E-state index contributed by atoms with van der Waals surface area (Å²) in [4.78, 5) is 23.4. The van der Waals surface area contributed by atoms with Crippen LogP contribution in [0.4, 0.5) is 4.79 Å². The number of fused-ring (bicyclic) bond motifs is 2. The van der Waals surface area contributed by atoms with Gasteiger partial charge in [0, 0.05) is 13.2 Å². The first-order valence-electron chi connectivity index (χ1n) is 7.35. The molecular weight excluding hydrogens is 260 g/mol. The number of carbonyl (C=O) groups is 2. The minimum Gasteiger partial charge on any atom is -0.481 e. The second-order valence-corrected chi connectivity index (χ2v) is 5.90. The largest absolute Gasteiger partial charge is 0.481 e. The highest BCUT2D eigenvalue weighted by atomic mass is 16.5. The number of hydrogen-bond donors (Lipinski definition) is 3. The molecule has 2 saturated carbocycles. The van der Waals surface area contributed by atoms with Gasteiger partial charge < -0.3 is 20.5 Å². The molecule has 0 spiro atoms. The van der Waals surface area contributed by atoms with E-state index in [9.17, 15) is 14.7 Å². The van der Waals surface area contributed by atoms with Crippen molar-refractivity contribution in [3.63, 3.8) is 0 Å². The lowest BCUT2D eigenvalue weighted by molar-refractivity contribution is -0.144. The first-order valence-corrected chi connectivity index (χ1v) is 7.35. The van der Waals surface area contributed by atoms with E-state index < -0.39 is 11.9 Å². The average Bonchev–Trinajstić information content (AvgIpc) is 2.98. The molecule has 5 atom stereocenters. The normalized spacial score (nSPS) is 32.9. The van der Waals surface area contributed by atoms with Crippen molar-refractivity contribution >= 4 is 12.0 Å². The van der Waals surface area contributed by atoms with E-state index in [0.29, 0.717) is 12.5 Å². The van der Waals surface area contributed by atoms with Gasteiger partial charge in [0.25, 0.3) is 0 Å². The fraction of sp³-hybridized carbons (Fsp3) is 0.857. The minimum absolute atomic E-state index is 0.0399. The van der Waals surface area contributed by atoms with E-state index in [-0.39, 0.29) is 24.0 Å². The van der Waals surface area contributed by atoms with Gasteiger partial charge in [0.05, 0.1) is 18.6 Å². The van der Waals surface area contributed by atoms with Crippen LogP contribution in [0.3, 0.4) is 0 Å². The Morgan fingerprint density at radius 3 is 2.65 bits per heavy atom. The Morgan fingerprint density at radius 2 is 2.05 bits per heavy atom.